The van der Waals surface area contributed by atoms with Crippen molar-refractivity contribution in [1.29, 1.82) is 0 Å². The standard InChI is InChI=1S/C13H18N4O2/c18-11-7-13(4-1-2-5-13)8-12(19)17(11)6-3-10-14-9-15-16-10/h9H,1-8H2,(H,14,15,16). The minimum Gasteiger partial charge on any atom is -0.282 e. The van der Waals surface area contributed by atoms with Crippen LogP contribution in [0.4, 0.5) is 0 Å². The lowest BCUT2D eigenvalue weighted by molar-refractivity contribution is -0.153. The number of H-pyrrole nitrogens is 1. The van der Waals surface area contributed by atoms with Crippen LogP contribution in [0.15, 0.2) is 6.33 Å². The predicted octanol–water partition coefficient (Wildman–Crippen LogP) is 1.06. The minimum atomic E-state index is -0.0170. The molecule has 1 spiro atoms. The molecule has 19 heavy (non-hydrogen) atoms. The van der Waals surface area contributed by atoms with E-state index in [4.69, 9.17) is 0 Å². The molecule has 1 aliphatic carbocycles. The molecule has 0 unspecified atom stereocenters. The fourth-order valence-corrected chi connectivity index (χ4v) is 3.33. The van der Waals surface area contributed by atoms with E-state index in [1.165, 1.54) is 11.2 Å². The summed E-state index contributed by atoms with van der Waals surface area (Å²) in [6.07, 6.45) is 7.41. The third kappa shape index (κ3) is 2.39. The van der Waals surface area contributed by atoms with Crippen LogP contribution >= 0.6 is 0 Å². The number of aromatic amines is 1. The first-order valence-corrected chi connectivity index (χ1v) is 6.86. The van der Waals surface area contributed by atoms with Crippen molar-refractivity contribution in [2.45, 2.75) is 44.9 Å². The van der Waals surface area contributed by atoms with E-state index in [1.54, 1.807) is 0 Å². The molecule has 0 radical (unpaired) electrons. The number of carbonyl (C=O) groups is 2. The number of nitrogens with one attached hydrogen (secondary N) is 1. The lowest BCUT2D eigenvalue weighted by atomic mass is 9.76. The Morgan fingerprint density at radius 2 is 1.89 bits per heavy atom. The highest BCUT2D eigenvalue weighted by molar-refractivity contribution is 5.98. The number of hydrogen-bond donors (Lipinski definition) is 1. The van der Waals surface area contributed by atoms with Crippen LogP contribution in [0.5, 0.6) is 0 Å². The molecule has 1 aliphatic heterocycles. The molecule has 2 fully saturated rings. The van der Waals surface area contributed by atoms with Gasteiger partial charge in [0.15, 0.2) is 0 Å². The van der Waals surface area contributed by atoms with Gasteiger partial charge in [-0.1, -0.05) is 12.8 Å². The van der Waals surface area contributed by atoms with Gasteiger partial charge in [-0.2, -0.15) is 5.10 Å². The molecule has 0 aromatic carbocycles. The number of piperidine rings is 1. The average molecular weight is 262 g/mol. The predicted molar refractivity (Wildman–Crippen MR) is 66.9 cm³/mol. The minimum absolute atomic E-state index is 0.0161. The van der Waals surface area contributed by atoms with E-state index in [9.17, 15) is 9.59 Å². The van der Waals surface area contributed by atoms with Crippen molar-refractivity contribution in [1.82, 2.24) is 20.1 Å². The third-order valence-corrected chi connectivity index (χ3v) is 4.36. The second-order valence-corrected chi connectivity index (χ2v) is 5.68. The normalized spacial score (nSPS) is 22.4. The molecule has 0 atom stereocenters. The number of aromatic nitrogens is 3. The molecule has 1 aromatic heterocycles. The van der Waals surface area contributed by atoms with E-state index in [0.29, 0.717) is 31.6 Å². The van der Waals surface area contributed by atoms with Gasteiger partial charge in [-0.15, -0.1) is 0 Å². The van der Waals surface area contributed by atoms with Crippen LogP contribution in [0.25, 0.3) is 0 Å². The Balaban J connectivity index is 1.64. The van der Waals surface area contributed by atoms with Gasteiger partial charge in [0.05, 0.1) is 0 Å². The highest BCUT2D eigenvalue weighted by Gasteiger charge is 2.44. The maximum absolute atomic E-state index is 12.2. The molecule has 1 saturated heterocycles. The van der Waals surface area contributed by atoms with Gasteiger partial charge in [0.25, 0.3) is 0 Å². The highest BCUT2D eigenvalue weighted by atomic mass is 16.2. The van der Waals surface area contributed by atoms with Gasteiger partial charge in [0.1, 0.15) is 12.2 Å². The molecule has 2 heterocycles. The van der Waals surface area contributed by atoms with E-state index in [-0.39, 0.29) is 17.2 Å². The first-order valence-electron chi connectivity index (χ1n) is 6.86. The fraction of sp³-hybridized carbons (Fsp3) is 0.692. The molecule has 2 amide bonds. The summed E-state index contributed by atoms with van der Waals surface area (Å²) >= 11 is 0. The summed E-state index contributed by atoms with van der Waals surface area (Å²) in [5.74, 6) is 0.678. The lowest BCUT2D eigenvalue weighted by Crippen LogP contribution is -2.47. The summed E-state index contributed by atoms with van der Waals surface area (Å²) in [5.41, 5.74) is -0.0170. The average Bonchev–Trinajstić information content (AvgIpc) is 3.00. The summed E-state index contributed by atoms with van der Waals surface area (Å²) in [5, 5.41) is 6.50. The molecule has 0 bridgehead atoms. The second-order valence-electron chi connectivity index (χ2n) is 5.68. The molecule has 1 saturated carbocycles. The van der Waals surface area contributed by atoms with Crippen LogP contribution in [0, 0.1) is 5.41 Å². The largest absolute Gasteiger partial charge is 0.282 e. The van der Waals surface area contributed by atoms with E-state index in [1.807, 2.05) is 0 Å². The van der Waals surface area contributed by atoms with E-state index in [2.05, 4.69) is 15.2 Å². The SMILES string of the molecule is O=C1CC2(CCCC2)CC(=O)N1CCc1ncn[nH]1. The van der Waals surface area contributed by atoms with Crippen molar-refractivity contribution in [3.63, 3.8) is 0 Å². The molecular formula is C13H18N4O2. The van der Waals surface area contributed by atoms with Crippen molar-refractivity contribution in [3.8, 4) is 0 Å². The molecule has 1 N–H and O–H groups in total. The first kappa shape index (κ1) is 12.3. The number of rotatable bonds is 3. The molecule has 102 valence electrons. The molecule has 2 aliphatic rings. The van der Waals surface area contributed by atoms with Gasteiger partial charge >= 0.3 is 0 Å². The number of hydrogen-bond acceptors (Lipinski definition) is 4. The quantitative estimate of drug-likeness (QED) is 0.826. The molecule has 1 aromatic rings. The summed E-state index contributed by atoms with van der Waals surface area (Å²) in [6, 6.07) is 0. The maximum atomic E-state index is 12.2. The zero-order valence-corrected chi connectivity index (χ0v) is 10.9. The number of amides is 2. The summed E-state index contributed by atoms with van der Waals surface area (Å²) < 4.78 is 0. The van der Waals surface area contributed by atoms with Crippen molar-refractivity contribution >= 4 is 11.8 Å². The number of likely N-dealkylation sites (tertiary alicyclic amines) is 1. The van der Waals surface area contributed by atoms with Crippen molar-refractivity contribution in [2.24, 2.45) is 5.41 Å². The van der Waals surface area contributed by atoms with Crippen LogP contribution in [-0.4, -0.2) is 38.4 Å². The Bertz CT molecular complexity index is 457. The van der Waals surface area contributed by atoms with Crippen molar-refractivity contribution < 1.29 is 9.59 Å². The Morgan fingerprint density at radius 3 is 2.47 bits per heavy atom. The summed E-state index contributed by atoms with van der Waals surface area (Å²) in [7, 11) is 0. The van der Waals surface area contributed by atoms with E-state index in [0.717, 1.165) is 25.7 Å². The Kier molecular flexibility index (Phi) is 3.08. The van der Waals surface area contributed by atoms with Crippen LogP contribution in [-0.2, 0) is 16.0 Å². The van der Waals surface area contributed by atoms with Gasteiger partial charge in [-0.3, -0.25) is 19.6 Å². The Morgan fingerprint density at radius 1 is 1.21 bits per heavy atom. The van der Waals surface area contributed by atoms with Gasteiger partial charge in [-0.25, -0.2) is 4.98 Å². The molecule has 3 rings (SSSR count). The van der Waals surface area contributed by atoms with Gasteiger partial charge in [0.2, 0.25) is 11.8 Å². The Labute approximate surface area is 111 Å². The van der Waals surface area contributed by atoms with Crippen LogP contribution in [0.1, 0.15) is 44.3 Å². The Hall–Kier alpha value is -1.72. The number of nitrogens with zero attached hydrogens (tertiary/aromatic N) is 3. The van der Waals surface area contributed by atoms with E-state index >= 15 is 0 Å². The highest BCUT2D eigenvalue weighted by Crippen LogP contribution is 2.46. The first-order chi connectivity index (χ1) is 9.19. The summed E-state index contributed by atoms with van der Waals surface area (Å²) in [6.45, 7) is 0.406. The van der Waals surface area contributed by atoms with Crippen LogP contribution in [0.2, 0.25) is 0 Å². The van der Waals surface area contributed by atoms with Gasteiger partial charge < -0.3 is 0 Å². The molecule has 6 nitrogen and oxygen atoms in total. The molecule has 6 heteroatoms. The number of imide groups is 1. The van der Waals surface area contributed by atoms with Crippen molar-refractivity contribution in [2.75, 3.05) is 6.54 Å². The zero-order chi connectivity index (χ0) is 13.3. The lowest BCUT2D eigenvalue weighted by Gasteiger charge is -2.37. The summed E-state index contributed by atoms with van der Waals surface area (Å²) in [4.78, 5) is 29.8. The topological polar surface area (TPSA) is 79.0 Å². The van der Waals surface area contributed by atoms with Crippen LogP contribution in [0.3, 0.4) is 0 Å². The van der Waals surface area contributed by atoms with Gasteiger partial charge in [0, 0.05) is 25.8 Å². The van der Waals surface area contributed by atoms with Crippen LogP contribution < -0.4 is 0 Å². The van der Waals surface area contributed by atoms with Crippen molar-refractivity contribution in [3.05, 3.63) is 12.2 Å². The number of carbonyl (C=O) groups excluding carboxylic acids is 2. The monoisotopic (exact) mass is 262 g/mol. The fourth-order valence-electron chi connectivity index (χ4n) is 3.33. The van der Waals surface area contributed by atoms with Gasteiger partial charge in [-0.05, 0) is 18.3 Å². The molecular weight excluding hydrogens is 244 g/mol. The zero-order valence-electron chi connectivity index (χ0n) is 10.9. The third-order valence-electron chi connectivity index (χ3n) is 4.36. The van der Waals surface area contributed by atoms with E-state index < -0.39 is 0 Å². The maximum Gasteiger partial charge on any atom is 0.229 e. The second kappa shape index (κ2) is 4.75. The smallest absolute Gasteiger partial charge is 0.229 e.